The van der Waals surface area contributed by atoms with Gasteiger partial charge >= 0.3 is 5.97 Å². The van der Waals surface area contributed by atoms with Crippen molar-refractivity contribution in [3.05, 3.63) is 94.3 Å². The van der Waals surface area contributed by atoms with Crippen LogP contribution in [0.15, 0.2) is 60.9 Å². The van der Waals surface area contributed by atoms with Gasteiger partial charge in [0.15, 0.2) is 0 Å². The predicted molar refractivity (Wildman–Crippen MR) is 164 cm³/mol. The number of nitrogens with zero attached hydrogens (tertiary/aromatic N) is 3. The van der Waals surface area contributed by atoms with Crippen molar-refractivity contribution in [1.82, 2.24) is 9.88 Å². The zero-order valence-electron chi connectivity index (χ0n) is 24.4. The normalized spacial score (nSPS) is 14.7. The van der Waals surface area contributed by atoms with E-state index >= 15 is 0 Å². The minimum absolute atomic E-state index is 0.425. The largest absolute Gasteiger partial charge is 0.491 e. The Morgan fingerprint density at radius 3 is 2.68 bits per heavy atom. The number of hydrogen-bond donors (Lipinski definition) is 3. The van der Waals surface area contributed by atoms with Crippen LogP contribution in [0.3, 0.4) is 0 Å². The van der Waals surface area contributed by atoms with E-state index in [2.05, 4.69) is 41.1 Å². The van der Waals surface area contributed by atoms with Gasteiger partial charge in [0.05, 0.1) is 16.8 Å². The van der Waals surface area contributed by atoms with Gasteiger partial charge < -0.3 is 20.6 Å². The molecule has 0 saturated heterocycles. The van der Waals surface area contributed by atoms with Gasteiger partial charge in [-0.2, -0.15) is 0 Å². The number of nitrogens with two attached hydrogens (primary N) is 2. The van der Waals surface area contributed by atoms with Crippen LogP contribution < -0.4 is 21.3 Å². The number of carbonyl (C=O) groups is 1. The summed E-state index contributed by atoms with van der Waals surface area (Å²) in [5.41, 5.74) is 12.8. The molecule has 1 aliphatic rings. The van der Waals surface area contributed by atoms with Crippen molar-refractivity contribution in [3.8, 4) is 5.75 Å². The first kappa shape index (κ1) is 28.4. The number of anilines is 2. The number of carboxylic acid groups (broad SMARTS) is 1. The van der Waals surface area contributed by atoms with Crippen molar-refractivity contribution in [2.75, 3.05) is 30.9 Å². The SMILES string of the molecule is Cc1ccc(C(c2ccc(N(C)N)c(N)c2C)C(C)(C)C(=O)O)cc1CN1CCOc2c(ccc3ccncc23)C1. The average Bonchev–Trinajstić information content (AvgIpc) is 3.14. The van der Waals surface area contributed by atoms with Crippen LogP contribution >= 0.6 is 0 Å². The number of ether oxygens (including phenoxy) is 1. The molecule has 0 aliphatic carbocycles. The molecule has 1 atom stereocenters. The highest BCUT2D eigenvalue weighted by Gasteiger charge is 2.40. The highest BCUT2D eigenvalue weighted by Crippen LogP contribution is 2.45. The van der Waals surface area contributed by atoms with Gasteiger partial charge in [-0.25, -0.2) is 5.84 Å². The average molecular weight is 554 g/mol. The topological polar surface area (TPSA) is 118 Å². The van der Waals surface area contributed by atoms with Crippen LogP contribution in [0.5, 0.6) is 5.75 Å². The number of carboxylic acids is 1. The van der Waals surface area contributed by atoms with Crippen molar-refractivity contribution in [1.29, 1.82) is 0 Å². The maximum atomic E-state index is 12.6. The molecule has 0 fully saturated rings. The van der Waals surface area contributed by atoms with E-state index in [1.807, 2.05) is 37.4 Å². The number of rotatable bonds is 7. The summed E-state index contributed by atoms with van der Waals surface area (Å²) >= 11 is 0. The summed E-state index contributed by atoms with van der Waals surface area (Å²) in [6, 6.07) is 16.4. The van der Waals surface area contributed by atoms with Gasteiger partial charge in [-0.15, -0.1) is 0 Å². The van der Waals surface area contributed by atoms with Gasteiger partial charge in [0.1, 0.15) is 12.4 Å². The van der Waals surface area contributed by atoms with Crippen LogP contribution in [-0.2, 0) is 17.9 Å². The third-order valence-electron chi connectivity index (χ3n) is 8.50. The lowest BCUT2D eigenvalue weighted by Gasteiger charge is -2.34. The third kappa shape index (κ3) is 5.33. The Labute approximate surface area is 241 Å². The Kier molecular flexibility index (Phi) is 7.64. The Morgan fingerprint density at radius 2 is 1.95 bits per heavy atom. The number of aromatic nitrogens is 1. The number of nitrogen functional groups attached to an aromatic ring is 1. The highest BCUT2D eigenvalue weighted by atomic mass is 16.5. The fourth-order valence-corrected chi connectivity index (χ4v) is 5.95. The van der Waals surface area contributed by atoms with Gasteiger partial charge in [0.25, 0.3) is 0 Å². The summed E-state index contributed by atoms with van der Waals surface area (Å²) in [6.45, 7) is 10.4. The van der Waals surface area contributed by atoms with E-state index < -0.39 is 17.3 Å². The van der Waals surface area contributed by atoms with Crippen LogP contribution in [0, 0.1) is 19.3 Å². The first-order valence-corrected chi connectivity index (χ1v) is 13.9. The van der Waals surface area contributed by atoms with Crippen LogP contribution in [0.2, 0.25) is 0 Å². The van der Waals surface area contributed by atoms with Crippen molar-refractivity contribution >= 4 is 28.1 Å². The van der Waals surface area contributed by atoms with Crippen molar-refractivity contribution in [2.45, 2.75) is 46.7 Å². The number of hydrogen-bond acceptors (Lipinski definition) is 7. The molecular formula is C33H39N5O3. The zero-order chi connectivity index (χ0) is 29.5. The number of hydrazine groups is 1. The summed E-state index contributed by atoms with van der Waals surface area (Å²) < 4.78 is 6.23. The molecule has 8 heteroatoms. The molecule has 2 heterocycles. The van der Waals surface area contributed by atoms with Gasteiger partial charge in [-0.3, -0.25) is 14.7 Å². The number of benzene rings is 3. The maximum absolute atomic E-state index is 12.6. The summed E-state index contributed by atoms with van der Waals surface area (Å²) in [6.07, 6.45) is 3.67. The molecule has 5 N–H and O–H groups in total. The fourth-order valence-electron chi connectivity index (χ4n) is 5.95. The van der Waals surface area contributed by atoms with Crippen molar-refractivity contribution < 1.29 is 14.6 Å². The maximum Gasteiger partial charge on any atom is 0.310 e. The Balaban J connectivity index is 1.52. The van der Waals surface area contributed by atoms with Crippen LogP contribution in [0.25, 0.3) is 10.8 Å². The second kappa shape index (κ2) is 11.0. The fraction of sp³-hybridized carbons (Fsp3) is 0.333. The number of aliphatic carboxylic acids is 1. The third-order valence-corrected chi connectivity index (χ3v) is 8.50. The molecule has 8 nitrogen and oxygen atoms in total. The quantitative estimate of drug-likeness (QED) is 0.159. The lowest BCUT2D eigenvalue weighted by Crippen LogP contribution is -2.33. The Morgan fingerprint density at radius 1 is 1.17 bits per heavy atom. The molecule has 41 heavy (non-hydrogen) atoms. The van der Waals surface area contributed by atoms with Crippen molar-refractivity contribution in [2.24, 2.45) is 11.3 Å². The van der Waals surface area contributed by atoms with Crippen molar-refractivity contribution in [3.63, 3.8) is 0 Å². The molecular weight excluding hydrogens is 514 g/mol. The molecule has 214 valence electrons. The van der Waals surface area contributed by atoms with E-state index in [0.717, 1.165) is 63.0 Å². The molecule has 4 aromatic rings. The van der Waals surface area contributed by atoms with E-state index in [1.54, 1.807) is 27.1 Å². The molecule has 0 spiro atoms. The molecule has 0 bridgehead atoms. The summed E-state index contributed by atoms with van der Waals surface area (Å²) in [7, 11) is 1.74. The molecule has 5 rings (SSSR count). The summed E-state index contributed by atoms with van der Waals surface area (Å²) in [4.78, 5) is 19.3. The van der Waals surface area contributed by atoms with Crippen LogP contribution in [-0.4, -0.2) is 41.2 Å². The molecule has 0 amide bonds. The van der Waals surface area contributed by atoms with Gasteiger partial charge in [-0.05, 0) is 73.0 Å². The minimum Gasteiger partial charge on any atom is -0.491 e. The van der Waals surface area contributed by atoms with E-state index in [1.165, 1.54) is 5.01 Å². The molecule has 3 aromatic carbocycles. The molecule has 1 unspecified atom stereocenters. The predicted octanol–water partition coefficient (Wildman–Crippen LogP) is 5.38. The smallest absolute Gasteiger partial charge is 0.310 e. The lowest BCUT2D eigenvalue weighted by molar-refractivity contribution is -0.147. The molecule has 0 saturated carbocycles. The van der Waals surface area contributed by atoms with Gasteiger partial charge in [0, 0.05) is 55.9 Å². The Hall–Kier alpha value is -4.14. The lowest BCUT2D eigenvalue weighted by atomic mass is 9.69. The van der Waals surface area contributed by atoms with Crippen LogP contribution in [0.4, 0.5) is 11.4 Å². The van der Waals surface area contributed by atoms with E-state index in [9.17, 15) is 9.90 Å². The number of fused-ring (bicyclic) bond motifs is 3. The van der Waals surface area contributed by atoms with Crippen LogP contribution in [0.1, 0.15) is 53.1 Å². The van der Waals surface area contributed by atoms with Gasteiger partial charge in [-0.1, -0.05) is 36.4 Å². The Bertz CT molecular complexity index is 1610. The first-order valence-electron chi connectivity index (χ1n) is 13.9. The summed E-state index contributed by atoms with van der Waals surface area (Å²) in [5.74, 6) is 5.60. The van der Waals surface area contributed by atoms with E-state index in [-0.39, 0.29) is 0 Å². The summed E-state index contributed by atoms with van der Waals surface area (Å²) in [5, 5.41) is 14.0. The molecule has 1 aromatic heterocycles. The second-order valence-electron chi connectivity index (χ2n) is 11.7. The highest BCUT2D eigenvalue weighted by molar-refractivity contribution is 5.88. The zero-order valence-corrected chi connectivity index (χ0v) is 24.4. The van der Waals surface area contributed by atoms with Gasteiger partial charge in [0.2, 0.25) is 0 Å². The standard InChI is InChI=1S/C33H39N5O3/c1-20-6-7-23(29(33(3,4)32(39)40)26-10-11-28(37(5)35)30(34)21(26)2)16-25(20)19-38-14-15-41-31-24(18-38)9-8-22-12-13-36-17-27(22)31/h6-13,16-17,29H,14-15,18-19,34-35H2,1-5H3,(H,39,40). The monoisotopic (exact) mass is 553 g/mol. The number of pyridine rings is 1. The first-order chi connectivity index (χ1) is 19.5. The second-order valence-corrected chi connectivity index (χ2v) is 11.7. The van der Waals surface area contributed by atoms with E-state index in [0.29, 0.717) is 24.5 Å². The van der Waals surface area contributed by atoms with E-state index in [4.69, 9.17) is 16.3 Å². The molecule has 0 radical (unpaired) electrons. The number of aryl methyl sites for hydroxylation is 1. The molecule has 1 aliphatic heterocycles. The minimum atomic E-state index is -1.09.